The Kier molecular flexibility index (Phi) is 8.12. The molecule has 0 aliphatic rings. The molecule has 0 radical (unpaired) electrons. The fraction of sp³-hybridized carbons (Fsp3) is 0.647. The average molecular weight is 278 g/mol. The zero-order valence-corrected chi connectivity index (χ0v) is 13.5. The van der Waals surface area contributed by atoms with Gasteiger partial charge in [0.05, 0.1) is 6.61 Å². The molecular formula is C17H30N2O. The van der Waals surface area contributed by atoms with Crippen LogP contribution in [-0.2, 0) is 0 Å². The van der Waals surface area contributed by atoms with E-state index in [1.165, 1.54) is 0 Å². The Hall–Kier alpha value is -1.22. The highest BCUT2D eigenvalue weighted by molar-refractivity contribution is 5.46. The van der Waals surface area contributed by atoms with Crippen molar-refractivity contribution in [3.63, 3.8) is 0 Å². The highest BCUT2D eigenvalue weighted by Gasteiger charge is 1.99. The summed E-state index contributed by atoms with van der Waals surface area (Å²) in [4.78, 5) is 2.41. The molecule has 0 amide bonds. The van der Waals surface area contributed by atoms with E-state index in [1.807, 2.05) is 12.1 Å². The summed E-state index contributed by atoms with van der Waals surface area (Å²) < 4.78 is 5.71. The lowest BCUT2D eigenvalue weighted by molar-refractivity contribution is 0.289. The third-order valence-electron chi connectivity index (χ3n) is 3.47. The van der Waals surface area contributed by atoms with Crippen LogP contribution in [0.3, 0.4) is 0 Å². The van der Waals surface area contributed by atoms with Gasteiger partial charge in [-0.15, -0.1) is 0 Å². The van der Waals surface area contributed by atoms with Crippen LogP contribution in [0.1, 0.15) is 34.1 Å². The van der Waals surface area contributed by atoms with Crippen molar-refractivity contribution >= 4 is 5.69 Å². The lowest BCUT2D eigenvalue weighted by Crippen LogP contribution is -2.28. The second kappa shape index (κ2) is 9.65. The Bertz CT molecular complexity index is 345. The predicted octanol–water partition coefficient (Wildman–Crippen LogP) is 3.87. The number of benzene rings is 1. The second-order valence-corrected chi connectivity index (χ2v) is 5.51. The second-order valence-electron chi connectivity index (χ2n) is 5.51. The van der Waals surface area contributed by atoms with E-state index in [0.717, 1.165) is 50.6 Å². The number of hydrogen-bond acceptors (Lipinski definition) is 3. The molecule has 1 aromatic rings. The van der Waals surface area contributed by atoms with Gasteiger partial charge in [-0.25, -0.2) is 0 Å². The Balaban J connectivity index is 2.28. The number of likely N-dealkylation sites (N-methyl/N-ethyl adjacent to an activating group) is 1. The number of rotatable bonds is 10. The normalized spacial score (nSPS) is 11.1. The number of hydrogen-bond donors (Lipinski definition) is 1. The fourth-order valence-electron chi connectivity index (χ4n) is 1.98. The van der Waals surface area contributed by atoms with Crippen LogP contribution in [0, 0.1) is 5.92 Å². The number of ether oxygens (including phenoxy) is 1. The molecule has 0 aliphatic carbocycles. The van der Waals surface area contributed by atoms with Gasteiger partial charge in [-0.2, -0.15) is 0 Å². The molecule has 0 aromatic heterocycles. The van der Waals surface area contributed by atoms with Gasteiger partial charge in [0, 0.05) is 18.8 Å². The molecule has 0 fully saturated rings. The van der Waals surface area contributed by atoms with E-state index in [0.29, 0.717) is 5.92 Å². The summed E-state index contributed by atoms with van der Waals surface area (Å²) in [5, 5.41) is 3.45. The molecule has 0 bridgehead atoms. The molecule has 0 spiro atoms. The van der Waals surface area contributed by atoms with Crippen LogP contribution in [0.25, 0.3) is 0 Å². The van der Waals surface area contributed by atoms with Crippen LogP contribution in [0.2, 0.25) is 0 Å². The van der Waals surface area contributed by atoms with E-state index in [4.69, 9.17) is 4.74 Å². The maximum absolute atomic E-state index is 5.71. The van der Waals surface area contributed by atoms with E-state index >= 15 is 0 Å². The minimum Gasteiger partial charge on any atom is -0.494 e. The topological polar surface area (TPSA) is 24.5 Å². The first kappa shape index (κ1) is 16.8. The van der Waals surface area contributed by atoms with Crippen molar-refractivity contribution in [1.29, 1.82) is 0 Å². The standard InChI is InChI=1S/C17H30N2O/c1-5-19(6-2)13-12-18-16-7-9-17(10-8-16)20-14-11-15(3)4/h7-10,15,18H,5-6,11-14H2,1-4H3. The van der Waals surface area contributed by atoms with Crippen molar-refractivity contribution in [3.8, 4) is 5.75 Å². The molecule has 0 atom stereocenters. The summed E-state index contributed by atoms with van der Waals surface area (Å²) >= 11 is 0. The van der Waals surface area contributed by atoms with Gasteiger partial charge >= 0.3 is 0 Å². The fourth-order valence-corrected chi connectivity index (χ4v) is 1.98. The van der Waals surface area contributed by atoms with Gasteiger partial charge in [-0.3, -0.25) is 0 Å². The summed E-state index contributed by atoms with van der Waals surface area (Å²) in [6.45, 7) is 13.9. The van der Waals surface area contributed by atoms with E-state index in [-0.39, 0.29) is 0 Å². The van der Waals surface area contributed by atoms with Crippen LogP contribution in [0.5, 0.6) is 5.75 Å². The van der Waals surface area contributed by atoms with Crippen LogP contribution in [-0.4, -0.2) is 37.7 Å². The zero-order valence-electron chi connectivity index (χ0n) is 13.5. The van der Waals surface area contributed by atoms with Crippen molar-refractivity contribution in [2.24, 2.45) is 5.92 Å². The Morgan fingerprint density at radius 3 is 2.30 bits per heavy atom. The van der Waals surface area contributed by atoms with Crippen molar-refractivity contribution in [3.05, 3.63) is 24.3 Å². The molecule has 0 aliphatic heterocycles. The molecular weight excluding hydrogens is 248 g/mol. The monoisotopic (exact) mass is 278 g/mol. The van der Waals surface area contributed by atoms with Gasteiger partial charge in [0.25, 0.3) is 0 Å². The summed E-state index contributed by atoms with van der Waals surface area (Å²) in [6.07, 6.45) is 1.10. The van der Waals surface area contributed by atoms with E-state index in [9.17, 15) is 0 Å². The van der Waals surface area contributed by atoms with Gasteiger partial charge in [0.2, 0.25) is 0 Å². The smallest absolute Gasteiger partial charge is 0.119 e. The van der Waals surface area contributed by atoms with Gasteiger partial charge in [0.15, 0.2) is 0 Å². The first-order chi connectivity index (χ1) is 9.65. The first-order valence-electron chi connectivity index (χ1n) is 7.84. The maximum Gasteiger partial charge on any atom is 0.119 e. The average Bonchev–Trinajstić information content (AvgIpc) is 2.45. The van der Waals surface area contributed by atoms with Crippen LogP contribution < -0.4 is 10.1 Å². The molecule has 3 heteroatoms. The van der Waals surface area contributed by atoms with Gasteiger partial charge in [-0.1, -0.05) is 27.7 Å². The summed E-state index contributed by atoms with van der Waals surface area (Å²) in [7, 11) is 0. The maximum atomic E-state index is 5.71. The van der Waals surface area contributed by atoms with Crippen LogP contribution in [0.4, 0.5) is 5.69 Å². The molecule has 3 nitrogen and oxygen atoms in total. The highest BCUT2D eigenvalue weighted by atomic mass is 16.5. The molecule has 1 N–H and O–H groups in total. The molecule has 0 saturated carbocycles. The third-order valence-corrected chi connectivity index (χ3v) is 3.47. The van der Waals surface area contributed by atoms with E-state index < -0.39 is 0 Å². The summed E-state index contributed by atoms with van der Waals surface area (Å²) in [5.41, 5.74) is 1.16. The van der Waals surface area contributed by atoms with Gasteiger partial charge in [0.1, 0.15) is 5.75 Å². The van der Waals surface area contributed by atoms with Crippen molar-refractivity contribution in [2.75, 3.05) is 38.1 Å². The Morgan fingerprint density at radius 2 is 1.75 bits per heavy atom. The minimum absolute atomic E-state index is 0.691. The molecule has 0 saturated heterocycles. The van der Waals surface area contributed by atoms with E-state index in [2.05, 4.69) is 50.0 Å². The highest BCUT2D eigenvalue weighted by Crippen LogP contribution is 2.16. The minimum atomic E-state index is 0.691. The Labute approximate surface area is 124 Å². The zero-order chi connectivity index (χ0) is 14.8. The van der Waals surface area contributed by atoms with Crippen molar-refractivity contribution < 1.29 is 4.74 Å². The first-order valence-corrected chi connectivity index (χ1v) is 7.84. The third kappa shape index (κ3) is 6.80. The SMILES string of the molecule is CCN(CC)CCNc1ccc(OCCC(C)C)cc1. The molecule has 1 rings (SSSR count). The number of nitrogens with zero attached hydrogens (tertiary/aromatic N) is 1. The molecule has 0 heterocycles. The lowest BCUT2D eigenvalue weighted by Gasteiger charge is -2.18. The summed E-state index contributed by atoms with van der Waals surface area (Å²) in [5.74, 6) is 1.65. The van der Waals surface area contributed by atoms with Crippen molar-refractivity contribution in [1.82, 2.24) is 4.90 Å². The van der Waals surface area contributed by atoms with Gasteiger partial charge in [-0.05, 0) is 49.7 Å². The molecule has 1 aromatic carbocycles. The van der Waals surface area contributed by atoms with Crippen LogP contribution >= 0.6 is 0 Å². The summed E-state index contributed by atoms with van der Waals surface area (Å²) in [6, 6.07) is 8.26. The van der Waals surface area contributed by atoms with Crippen molar-refractivity contribution in [2.45, 2.75) is 34.1 Å². The number of nitrogens with one attached hydrogen (secondary N) is 1. The van der Waals surface area contributed by atoms with E-state index in [1.54, 1.807) is 0 Å². The molecule has 20 heavy (non-hydrogen) atoms. The number of anilines is 1. The van der Waals surface area contributed by atoms with Gasteiger partial charge < -0.3 is 15.0 Å². The quantitative estimate of drug-likeness (QED) is 0.703. The predicted molar refractivity (Wildman–Crippen MR) is 87.7 cm³/mol. The Morgan fingerprint density at radius 1 is 1.10 bits per heavy atom. The largest absolute Gasteiger partial charge is 0.494 e. The lowest BCUT2D eigenvalue weighted by atomic mass is 10.1. The molecule has 114 valence electrons. The van der Waals surface area contributed by atoms with Crippen LogP contribution in [0.15, 0.2) is 24.3 Å². The molecule has 0 unspecified atom stereocenters.